The molecule has 1 aromatic heterocycles. The van der Waals surface area contributed by atoms with Crippen LogP contribution in [-0.2, 0) is 6.18 Å². The maximum atomic E-state index is 15.0. The van der Waals surface area contributed by atoms with Gasteiger partial charge in [0.05, 0.1) is 5.56 Å². The van der Waals surface area contributed by atoms with Crippen molar-refractivity contribution in [1.82, 2.24) is 15.2 Å². The zero-order valence-corrected chi connectivity index (χ0v) is 22.5. The maximum absolute atomic E-state index is 15.0. The predicted octanol–water partition coefficient (Wildman–Crippen LogP) is 6.15. The molecule has 2 fully saturated rings. The van der Waals surface area contributed by atoms with Gasteiger partial charge in [-0.05, 0) is 67.4 Å². The number of rotatable bonds is 7. The molecule has 10 heteroatoms. The maximum Gasteiger partial charge on any atom is 0.416 e. The summed E-state index contributed by atoms with van der Waals surface area (Å²) in [7, 11) is 0. The zero-order chi connectivity index (χ0) is 29.0. The Labute approximate surface area is 236 Å². The lowest BCUT2D eigenvalue weighted by Crippen LogP contribution is -2.44. The van der Waals surface area contributed by atoms with E-state index in [1.165, 1.54) is 18.2 Å². The molecule has 0 radical (unpaired) electrons. The highest BCUT2D eigenvalue weighted by atomic mass is 19.4. The van der Waals surface area contributed by atoms with E-state index < -0.39 is 17.6 Å². The Bertz CT molecular complexity index is 1350. The van der Waals surface area contributed by atoms with Crippen molar-refractivity contribution < 1.29 is 27.1 Å². The summed E-state index contributed by atoms with van der Waals surface area (Å²) in [6, 6.07) is 13.5. The van der Waals surface area contributed by atoms with Crippen LogP contribution in [0.2, 0.25) is 0 Å². The highest BCUT2D eigenvalue weighted by molar-refractivity contribution is 5.94. The number of nitrogens with zero attached hydrogens (tertiary/aromatic N) is 3. The SMILES string of the molecule is C=C(NC1CCN(C(=O)c2ccncc2)CC1)c1ccc(OC2CCN(c3ccc(C(F)(F)F)cc3)CC2)c(F)c1. The number of carbonyl (C=O) groups is 1. The van der Waals surface area contributed by atoms with Crippen molar-refractivity contribution >= 4 is 17.3 Å². The molecule has 3 aromatic rings. The number of benzene rings is 2. The summed E-state index contributed by atoms with van der Waals surface area (Å²) in [4.78, 5) is 20.4. The molecule has 0 spiro atoms. The second-order valence-corrected chi connectivity index (χ2v) is 10.4. The van der Waals surface area contributed by atoms with Crippen LogP contribution in [0.3, 0.4) is 0 Å². The minimum Gasteiger partial charge on any atom is -0.487 e. The molecule has 0 atom stereocenters. The van der Waals surface area contributed by atoms with Crippen molar-refractivity contribution in [1.29, 1.82) is 0 Å². The number of piperidine rings is 2. The number of aromatic nitrogens is 1. The lowest BCUT2D eigenvalue weighted by atomic mass is 10.0. The molecule has 41 heavy (non-hydrogen) atoms. The van der Waals surface area contributed by atoms with Crippen LogP contribution < -0.4 is 15.0 Å². The van der Waals surface area contributed by atoms with Gasteiger partial charge in [-0.2, -0.15) is 13.2 Å². The minimum atomic E-state index is -4.36. The van der Waals surface area contributed by atoms with Crippen LogP contribution in [0, 0.1) is 5.82 Å². The van der Waals surface area contributed by atoms with Crippen LogP contribution in [0.15, 0.2) is 73.6 Å². The van der Waals surface area contributed by atoms with Gasteiger partial charge < -0.3 is 19.9 Å². The summed E-state index contributed by atoms with van der Waals surface area (Å²) >= 11 is 0. The molecule has 3 heterocycles. The number of carbonyl (C=O) groups excluding carboxylic acids is 1. The molecule has 2 aromatic carbocycles. The lowest BCUT2D eigenvalue weighted by molar-refractivity contribution is -0.137. The van der Waals surface area contributed by atoms with Gasteiger partial charge in [0.15, 0.2) is 11.6 Å². The van der Waals surface area contributed by atoms with Crippen LogP contribution >= 0.6 is 0 Å². The molecule has 5 rings (SSSR count). The number of ether oxygens (including phenoxy) is 1. The van der Waals surface area contributed by atoms with Crippen molar-refractivity contribution in [3.63, 3.8) is 0 Å². The summed E-state index contributed by atoms with van der Waals surface area (Å²) in [5.41, 5.74) is 1.92. The molecule has 2 aliphatic heterocycles. The van der Waals surface area contributed by atoms with Crippen LogP contribution in [-0.4, -0.2) is 54.1 Å². The van der Waals surface area contributed by atoms with Gasteiger partial charge in [0, 0.05) is 80.0 Å². The third-order valence-electron chi connectivity index (χ3n) is 7.66. The largest absolute Gasteiger partial charge is 0.487 e. The van der Waals surface area contributed by atoms with Gasteiger partial charge in [0.25, 0.3) is 5.91 Å². The third kappa shape index (κ3) is 6.99. The topological polar surface area (TPSA) is 57.7 Å². The number of hydrogen-bond acceptors (Lipinski definition) is 5. The molecular weight excluding hydrogens is 536 g/mol. The first kappa shape index (κ1) is 28.4. The number of nitrogens with one attached hydrogen (secondary N) is 1. The summed E-state index contributed by atoms with van der Waals surface area (Å²) in [6.07, 6.45) is 1.42. The lowest BCUT2D eigenvalue weighted by Gasteiger charge is -2.34. The van der Waals surface area contributed by atoms with Gasteiger partial charge >= 0.3 is 6.18 Å². The molecule has 2 aliphatic rings. The van der Waals surface area contributed by atoms with E-state index >= 15 is 0 Å². The first-order chi connectivity index (χ1) is 19.7. The number of likely N-dealkylation sites (tertiary alicyclic amines) is 1. The van der Waals surface area contributed by atoms with Crippen LogP contribution in [0.1, 0.15) is 47.2 Å². The van der Waals surface area contributed by atoms with Gasteiger partial charge in [-0.15, -0.1) is 0 Å². The quantitative estimate of drug-likeness (QED) is 0.347. The Morgan fingerprint density at radius 2 is 1.56 bits per heavy atom. The molecule has 0 aliphatic carbocycles. The van der Waals surface area contributed by atoms with Crippen molar-refractivity contribution in [3.8, 4) is 5.75 Å². The Hall–Kier alpha value is -4.08. The first-order valence-corrected chi connectivity index (χ1v) is 13.7. The van der Waals surface area contributed by atoms with Gasteiger partial charge in [-0.3, -0.25) is 9.78 Å². The van der Waals surface area contributed by atoms with Crippen molar-refractivity contribution in [2.75, 3.05) is 31.1 Å². The fourth-order valence-corrected chi connectivity index (χ4v) is 5.29. The zero-order valence-electron chi connectivity index (χ0n) is 22.5. The summed E-state index contributed by atoms with van der Waals surface area (Å²) < 4.78 is 59.4. The predicted molar refractivity (Wildman–Crippen MR) is 149 cm³/mol. The Kier molecular flexibility index (Phi) is 8.46. The number of hydrogen-bond donors (Lipinski definition) is 1. The average molecular weight is 569 g/mol. The van der Waals surface area contributed by atoms with Crippen LogP contribution in [0.4, 0.5) is 23.2 Å². The summed E-state index contributed by atoms with van der Waals surface area (Å²) in [5, 5.41) is 3.38. The molecular formula is C31H32F4N4O2. The number of amides is 1. The van der Waals surface area contributed by atoms with Gasteiger partial charge in [-0.1, -0.05) is 6.58 Å². The monoisotopic (exact) mass is 568 g/mol. The molecule has 2 saturated heterocycles. The fourth-order valence-electron chi connectivity index (χ4n) is 5.29. The third-order valence-corrected chi connectivity index (χ3v) is 7.66. The van der Waals surface area contributed by atoms with E-state index in [0.717, 1.165) is 30.7 Å². The normalized spacial score (nSPS) is 16.9. The Morgan fingerprint density at radius 1 is 0.902 bits per heavy atom. The highest BCUT2D eigenvalue weighted by Gasteiger charge is 2.30. The average Bonchev–Trinajstić information content (AvgIpc) is 2.98. The van der Waals surface area contributed by atoms with Gasteiger partial charge in [-0.25, -0.2) is 4.39 Å². The summed E-state index contributed by atoms with van der Waals surface area (Å²) in [5.74, 6) is -0.321. The van der Waals surface area contributed by atoms with E-state index in [2.05, 4.69) is 16.9 Å². The van der Waals surface area contributed by atoms with Crippen LogP contribution in [0.5, 0.6) is 5.75 Å². The van der Waals surface area contributed by atoms with Crippen molar-refractivity contribution in [2.24, 2.45) is 0 Å². The highest BCUT2D eigenvalue weighted by Crippen LogP contribution is 2.32. The van der Waals surface area contributed by atoms with Crippen molar-refractivity contribution in [2.45, 2.75) is 44.0 Å². The van der Waals surface area contributed by atoms with Gasteiger partial charge in [0.2, 0.25) is 0 Å². The molecule has 0 unspecified atom stereocenters. The van der Waals surface area contributed by atoms with E-state index in [4.69, 9.17) is 4.74 Å². The smallest absolute Gasteiger partial charge is 0.416 e. The second-order valence-electron chi connectivity index (χ2n) is 10.4. The summed E-state index contributed by atoms with van der Waals surface area (Å²) in [6.45, 7) is 6.52. The van der Waals surface area contributed by atoms with Gasteiger partial charge in [0.1, 0.15) is 6.10 Å². The molecule has 0 bridgehead atoms. The Balaban J connectivity index is 1.09. The van der Waals surface area contributed by atoms with E-state index in [0.29, 0.717) is 55.8 Å². The molecule has 6 nitrogen and oxygen atoms in total. The molecule has 1 amide bonds. The standard InChI is InChI=1S/C31H32F4N4O2/c1-21(37-25-10-16-39(17-11-25)30(40)22-8-14-36-15-9-22)23-2-7-29(28(32)20-23)41-27-12-18-38(19-13-27)26-5-3-24(4-6-26)31(33,34)35/h2-9,14-15,20,25,27,37H,1,10-13,16-19H2. The van der Waals surface area contributed by atoms with E-state index in [1.807, 2.05) is 9.80 Å². The number of halogens is 4. The van der Waals surface area contributed by atoms with Crippen LogP contribution in [0.25, 0.3) is 5.70 Å². The van der Waals surface area contributed by atoms with E-state index in [-0.39, 0.29) is 23.8 Å². The first-order valence-electron chi connectivity index (χ1n) is 13.7. The van der Waals surface area contributed by atoms with Crippen molar-refractivity contribution in [3.05, 3.63) is 96.1 Å². The number of pyridine rings is 1. The molecule has 1 N–H and O–H groups in total. The van der Waals surface area contributed by atoms with E-state index in [1.54, 1.807) is 36.7 Å². The molecule has 216 valence electrons. The van der Waals surface area contributed by atoms with E-state index in [9.17, 15) is 22.4 Å². The number of alkyl halides is 3. The number of anilines is 1. The minimum absolute atomic E-state index is 0.00685. The fraction of sp³-hybridized carbons (Fsp3) is 0.355. The molecule has 0 saturated carbocycles. The second kappa shape index (κ2) is 12.2. The Morgan fingerprint density at radius 3 is 2.17 bits per heavy atom.